The summed E-state index contributed by atoms with van der Waals surface area (Å²) in [4.78, 5) is 14.3. The number of nitrogens with zero attached hydrogens (tertiary/aromatic N) is 1. The zero-order valence-corrected chi connectivity index (χ0v) is 12.5. The number of hydrogen-bond donors (Lipinski definition) is 0. The normalized spacial score (nSPS) is 22.6. The van der Waals surface area contributed by atoms with Crippen LogP contribution in [0.15, 0.2) is 24.3 Å². The lowest BCUT2D eigenvalue weighted by Gasteiger charge is -2.37. The Balaban J connectivity index is 1.90. The number of methoxy groups -OCH3 is 1. The standard InChI is InChI=1S/C16H23NO3/c1-12-11-20-13(2)10-17(12)16(18)8-7-14-5-4-6-15(9-14)19-3/h4-6,9,12-13H,7-8,10-11H2,1-3H3. The number of morpholine rings is 1. The second kappa shape index (κ2) is 6.75. The predicted molar refractivity (Wildman–Crippen MR) is 77.9 cm³/mol. The van der Waals surface area contributed by atoms with E-state index in [0.717, 1.165) is 17.7 Å². The third-order valence-electron chi connectivity index (χ3n) is 3.69. The molecule has 1 aromatic rings. The molecular formula is C16H23NO3. The van der Waals surface area contributed by atoms with Crippen molar-refractivity contribution in [3.63, 3.8) is 0 Å². The van der Waals surface area contributed by atoms with Gasteiger partial charge in [-0.25, -0.2) is 0 Å². The molecule has 2 atom stereocenters. The van der Waals surface area contributed by atoms with Crippen LogP contribution in [-0.2, 0) is 16.0 Å². The van der Waals surface area contributed by atoms with Crippen molar-refractivity contribution in [2.45, 2.75) is 38.8 Å². The summed E-state index contributed by atoms with van der Waals surface area (Å²) in [5.41, 5.74) is 1.13. The number of benzene rings is 1. The molecule has 1 amide bonds. The van der Waals surface area contributed by atoms with Gasteiger partial charge in [0.1, 0.15) is 5.75 Å². The molecule has 0 N–H and O–H groups in total. The molecule has 110 valence electrons. The lowest BCUT2D eigenvalue weighted by atomic mass is 10.1. The Morgan fingerprint density at radius 1 is 1.45 bits per heavy atom. The van der Waals surface area contributed by atoms with Gasteiger partial charge in [0.2, 0.25) is 5.91 Å². The number of hydrogen-bond acceptors (Lipinski definition) is 3. The summed E-state index contributed by atoms with van der Waals surface area (Å²) in [5, 5.41) is 0. The molecule has 0 saturated carbocycles. The van der Waals surface area contributed by atoms with Gasteiger partial charge in [0, 0.05) is 13.0 Å². The number of ether oxygens (including phenoxy) is 2. The quantitative estimate of drug-likeness (QED) is 0.847. The number of rotatable bonds is 4. The first kappa shape index (κ1) is 14.9. The second-order valence-electron chi connectivity index (χ2n) is 5.39. The fourth-order valence-electron chi connectivity index (χ4n) is 2.47. The van der Waals surface area contributed by atoms with Gasteiger partial charge in [0.15, 0.2) is 0 Å². The summed E-state index contributed by atoms with van der Waals surface area (Å²) in [6.45, 7) is 5.37. The van der Waals surface area contributed by atoms with Crippen LogP contribution in [0.25, 0.3) is 0 Å². The first-order valence-electron chi connectivity index (χ1n) is 7.14. The molecule has 0 aliphatic carbocycles. The van der Waals surface area contributed by atoms with E-state index in [0.29, 0.717) is 19.6 Å². The average molecular weight is 277 g/mol. The highest BCUT2D eigenvalue weighted by molar-refractivity contribution is 5.77. The predicted octanol–water partition coefficient (Wildman–Crippen LogP) is 2.26. The summed E-state index contributed by atoms with van der Waals surface area (Å²) < 4.78 is 10.8. The molecule has 4 nitrogen and oxygen atoms in total. The molecule has 2 rings (SSSR count). The van der Waals surface area contributed by atoms with Gasteiger partial charge in [-0.15, -0.1) is 0 Å². The lowest BCUT2D eigenvalue weighted by Crippen LogP contribution is -2.50. The lowest BCUT2D eigenvalue weighted by molar-refractivity contribution is -0.143. The number of aryl methyl sites for hydroxylation is 1. The van der Waals surface area contributed by atoms with E-state index in [9.17, 15) is 4.79 Å². The summed E-state index contributed by atoms with van der Waals surface area (Å²) in [6, 6.07) is 8.05. The van der Waals surface area contributed by atoms with Crippen molar-refractivity contribution in [1.29, 1.82) is 0 Å². The summed E-state index contributed by atoms with van der Waals surface area (Å²) >= 11 is 0. The fourth-order valence-corrected chi connectivity index (χ4v) is 2.47. The molecule has 1 aliphatic heterocycles. The molecular weight excluding hydrogens is 254 g/mol. The van der Waals surface area contributed by atoms with Crippen molar-refractivity contribution in [3.8, 4) is 5.75 Å². The monoisotopic (exact) mass is 277 g/mol. The van der Waals surface area contributed by atoms with E-state index >= 15 is 0 Å². The van der Waals surface area contributed by atoms with Crippen molar-refractivity contribution in [2.75, 3.05) is 20.3 Å². The van der Waals surface area contributed by atoms with Crippen LogP contribution in [0.4, 0.5) is 0 Å². The van der Waals surface area contributed by atoms with Crippen LogP contribution in [0.5, 0.6) is 5.75 Å². The highest BCUT2D eigenvalue weighted by atomic mass is 16.5. The van der Waals surface area contributed by atoms with Gasteiger partial charge in [-0.3, -0.25) is 4.79 Å². The molecule has 1 heterocycles. The number of carbonyl (C=O) groups excluding carboxylic acids is 1. The molecule has 1 aliphatic rings. The number of carbonyl (C=O) groups is 1. The topological polar surface area (TPSA) is 38.8 Å². The molecule has 4 heteroatoms. The Kier molecular flexibility index (Phi) is 5.01. The highest BCUT2D eigenvalue weighted by Crippen LogP contribution is 2.16. The Labute approximate surface area is 120 Å². The van der Waals surface area contributed by atoms with Gasteiger partial charge in [-0.1, -0.05) is 12.1 Å². The molecule has 1 saturated heterocycles. The smallest absolute Gasteiger partial charge is 0.223 e. The fraction of sp³-hybridized carbons (Fsp3) is 0.562. The van der Waals surface area contributed by atoms with Crippen LogP contribution in [0, 0.1) is 0 Å². The van der Waals surface area contributed by atoms with E-state index in [2.05, 4.69) is 0 Å². The minimum Gasteiger partial charge on any atom is -0.497 e. The van der Waals surface area contributed by atoms with Crippen molar-refractivity contribution >= 4 is 5.91 Å². The SMILES string of the molecule is COc1cccc(CCC(=O)N2CC(C)OCC2C)c1. The van der Waals surface area contributed by atoms with Gasteiger partial charge in [-0.05, 0) is 38.0 Å². The Hall–Kier alpha value is -1.55. The van der Waals surface area contributed by atoms with Gasteiger partial charge in [0.05, 0.1) is 25.9 Å². The zero-order valence-electron chi connectivity index (χ0n) is 12.5. The van der Waals surface area contributed by atoms with E-state index in [1.54, 1.807) is 7.11 Å². The maximum Gasteiger partial charge on any atom is 0.223 e. The maximum absolute atomic E-state index is 12.3. The highest BCUT2D eigenvalue weighted by Gasteiger charge is 2.26. The largest absolute Gasteiger partial charge is 0.497 e. The maximum atomic E-state index is 12.3. The summed E-state index contributed by atoms with van der Waals surface area (Å²) in [7, 11) is 1.65. The van der Waals surface area contributed by atoms with Crippen molar-refractivity contribution in [3.05, 3.63) is 29.8 Å². The third-order valence-corrected chi connectivity index (χ3v) is 3.69. The second-order valence-corrected chi connectivity index (χ2v) is 5.39. The first-order chi connectivity index (χ1) is 9.60. The average Bonchev–Trinajstić information content (AvgIpc) is 2.47. The van der Waals surface area contributed by atoms with Crippen LogP contribution >= 0.6 is 0 Å². The van der Waals surface area contributed by atoms with Crippen molar-refractivity contribution in [2.24, 2.45) is 0 Å². The molecule has 2 unspecified atom stereocenters. The van der Waals surface area contributed by atoms with Gasteiger partial charge in [-0.2, -0.15) is 0 Å². The van der Waals surface area contributed by atoms with Crippen LogP contribution in [0.3, 0.4) is 0 Å². The van der Waals surface area contributed by atoms with Crippen molar-refractivity contribution in [1.82, 2.24) is 4.90 Å². The Morgan fingerprint density at radius 3 is 3.00 bits per heavy atom. The van der Waals surface area contributed by atoms with E-state index in [1.165, 1.54) is 0 Å². The van der Waals surface area contributed by atoms with Crippen LogP contribution < -0.4 is 4.74 Å². The van der Waals surface area contributed by atoms with E-state index in [4.69, 9.17) is 9.47 Å². The Bertz CT molecular complexity index is 461. The molecule has 0 spiro atoms. The molecule has 0 bridgehead atoms. The van der Waals surface area contributed by atoms with Gasteiger partial charge < -0.3 is 14.4 Å². The molecule has 0 radical (unpaired) electrons. The molecule has 0 aromatic heterocycles. The molecule has 1 aromatic carbocycles. The minimum absolute atomic E-state index is 0.131. The third kappa shape index (κ3) is 3.73. The van der Waals surface area contributed by atoms with E-state index < -0.39 is 0 Å². The van der Waals surface area contributed by atoms with E-state index in [-0.39, 0.29) is 18.1 Å². The summed E-state index contributed by atoms with van der Waals surface area (Å²) in [5.74, 6) is 1.04. The molecule has 20 heavy (non-hydrogen) atoms. The van der Waals surface area contributed by atoms with Gasteiger partial charge >= 0.3 is 0 Å². The summed E-state index contributed by atoms with van der Waals surface area (Å²) in [6.07, 6.45) is 1.41. The Morgan fingerprint density at radius 2 is 2.25 bits per heavy atom. The van der Waals surface area contributed by atoms with Crippen LogP contribution in [0.2, 0.25) is 0 Å². The van der Waals surface area contributed by atoms with Crippen molar-refractivity contribution < 1.29 is 14.3 Å². The molecule has 1 fully saturated rings. The first-order valence-corrected chi connectivity index (χ1v) is 7.14. The zero-order chi connectivity index (χ0) is 14.5. The van der Waals surface area contributed by atoms with Crippen LogP contribution in [-0.4, -0.2) is 43.2 Å². The van der Waals surface area contributed by atoms with Crippen LogP contribution in [0.1, 0.15) is 25.8 Å². The van der Waals surface area contributed by atoms with E-state index in [1.807, 2.05) is 43.0 Å². The number of amides is 1. The van der Waals surface area contributed by atoms with Gasteiger partial charge in [0.25, 0.3) is 0 Å². The minimum atomic E-state index is 0.131.